The van der Waals surface area contributed by atoms with Crippen molar-refractivity contribution < 1.29 is 9.90 Å². The Kier molecular flexibility index (Phi) is 6.30. The number of anilines is 1. The summed E-state index contributed by atoms with van der Waals surface area (Å²) in [6, 6.07) is 26.2. The van der Waals surface area contributed by atoms with E-state index in [1.165, 1.54) is 47.2 Å². The predicted molar refractivity (Wildman–Crippen MR) is 145 cm³/mol. The van der Waals surface area contributed by atoms with Gasteiger partial charge in [-0.25, -0.2) is 0 Å². The second-order valence-electron chi connectivity index (χ2n) is 11.2. The summed E-state index contributed by atoms with van der Waals surface area (Å²) in [5, 5.41) is 10.1. The zero-order valence-corrected chi connectivity index (χ0v) is 21.0. The van der Waals surface area contributed by atoms with Gasteiger partial charge in [0.25, 0.3) is 0 Å². The molecule has 0 amide bonds. The maximum Gasteiger partial charge on any atom is 0.133 e. The zero-order valence-electron chi connectivity index (χ0n) is 21.0. The lowest BCUT2D eigenvalue weighted by atomic mass is 9.69. The average molecular weight is 481 g/mol. The smallest absolute Gasteiger partial charge is 0.133 e. The van der Waals surface area contributed by atoms with Crippen LogP contribution in [0, 0.1) is 5.41 Å². The van der Waals surface area contributed by atoms with Crippen molar-refractivity contribution in [3.63, 3.8) is 0 Å². The number of rotatable bonds is 5. The Bertz CT molecular complexity index is 1210. The van der Waals surface area contributed by atoms with Gasteiger partial charge in [-0.15, -0.1) is 0 Å². The lowest BCUT2D eigenvalue weighted by Gasteiger charge is -2.39. The third-order valence-electron chi connectivity index (χ3n) is 8.95. The number of phenols is 1. The van der Waals surface area contributed by atoms with Gasteiger partial charge < -0.3 is 14.8 Å². The maximum absolute atomic E-state index is 11.1. The lowest BCUT2D eigenvalue weighted by molar-refractivity contribution is -0.109. The van der Waals surface area contributed by atoms with E-state index >= 15 is 0 Å². The Labute approximate surface area is 214 Å². The van der Waals surface area contributed by atoms with Crippen molar-refractivity contribution in [3.8, 4) is 5.75 Å². The number of aryl methyl sites for hydroxylation is 1. The van der Waals surface area contributed by atoms with Crippen LogP contribution >= 0.6 is 0 Å². The Hall–Kier alpha value is -3.11. The number of hydrogen-bond acceptors (Lipinski definition) is 4. The molecule has 2 fully saturated rings. The van der Waals surface area contributed by atoms with Crippen LogP contribution in [0.4, 0.5) is 5.69 Å². The molecular weight excluding hydrogens is 444 g/mol. The summed E-state index contributed by atoms with van der Waals surface area (Å²) in [6.45, 7) is 4.84. The highest BCUT2D eigenvalue weighted by molar-refractivity contribution is 5.54. The van der Waals surface area contributed by atoms with Gasteiger partial charge in [-0.2, -0.15) is 0 Å². The normalized spacial score (nSPS) is 26.2. The molecule has 0 saturated carbocycles. The summed E-state index contributed by atoms with van der Waals surface area (Å²) in [7, 11) is 0. The quantitative estimate of drug-likeness (QED) is 0.473. The van der Waals surface area contributed by atoms with Gasteiger partial charge >= 0.3 is 0 Å². The molecule has 4 heteroatoms. The van der Waals surface area contributed by atoms with Crippen LogP contribution in [0.25, 0.3) is 0 Å². The van der Waals surface area contributed by atoms with Gasteiger partial charge in [0, 0.05) is 36.7 Å². The monoisotopic (exact) mass is 480 g/mol. The van der Waals surface area contributed by atoms with Crippen molar-refractivity contribution in [1.82, 2.24) is 4.90 Å². The van der Waals surface area contributed by atoms with Gasteiger partial charge in [0.1, 0.15) is 12.0 Å². The highest BCUT2D eigenvalue weighted by atomic mass is 16.3. The van der Waals surface area contributed by atoms with E-state index in [1.807, 2.05) is 12.1 Å². The van der Waals surface area contributed by atoms with Crippen molar-refractivity contribution in [3.05, 3.63) is 95.1 Å². The molecule has 2 heterocycles. The molecule has 2 saturated heterocycles. The number of likely N-dealkylation sites (tertiary alicyclic amines) is 1. The van der Waals surface area contributed by atoms with Gasteiger partial charge in [-0.05, 0) is 91.1 Å². The van der Waals surface area contributed by atoms with Gasteiger partial charge in [0.05, 0.1) is 6.54 Å². The number of piperidine rings is 1. The minimum atomic E-state index is 0.283. The first kappa shape index (κ1) is 23.3. The van der Waals surface area contributed by atoms with Crippen molar-refractivity contribution in [1.29, 1.82) is 0 Å². The second kappa shape index (κ2) is 9.74. The Morgan fingerprint density at radius 2 is 1.75 bits per heavy atom. The fraction of sp³-hybridized carbons (Fsp3) is 0.406. The van der Waals surface area contributed by atoms with Gasteiger partial charge in [0.2, 0.25) is 0 Å². The number of phenolic OH excluding ortho intramolecular Hbond substituents is 1. The topological polar surface area (TPSA) is 43.8 Å². The Balaban J connectivity index is 1.26. The molecular formula is C32H36N2O2. The van der Waals surface area contributed by atoms with Crippen LogP contribution in [0.5, 0.6) is 5.75 Å². The largest absolute Gasteiger partial charge is 0.508 e. The van der Waals surface area contributed by atoms with Crippen LogP contribution < -0.4 is 4.90 Å². The van der Waals surface area contributed by atoms with E-state index in [1.54, 1.807) is 0 Å². The summed E-state index contributed by atoms with van der Waals surface area (Å²) in [6.07, 6.45) is 6.80. The molecule has 3 aromatic carbocycles. The molecule has 186 valence electrons. The van der Waals surface area contributed by atoms with Crippen molar-refractivity contribution >= 4 is 12.0 Å². The SMILES string of the molecule is O=CCN1CCCC2(CCN(c3ccc([C@H]4c5ccc(O)cc5CCC4c4ccccc4)cc3)C2)C1. The molecule has 3 aromatic rings. The van der Waals surface area contributed by atoms with E-state index in [9.17, 15) is 9.90 Å². The molecule has 0 radical (unpaired) electrons. The summed E-state index contributed by atoms with van der Waals surface area (Å²) in [5.74, 6) is 1.07. The molecule has 4 nitrogen and oxygen atoms in total. The fourth-order valence-electron chi connectivity index (χ4n) is 7.23. The van der Waals surface area contributed by atoms with E-state index in [-0.39, 0.29) is 5.92 Å². The lowest BCUT2D eigenvalue weighted by Crippen LogP contribution is -2.45. The van der Waals surface area contributed by atoms with Crippen molar-refractivity contribution in [2.75, 3.05) is 37.6 Å². The number of benzene rings is 3. The van der Waals surface area contributed by atoms with Crippen molar-refractivity contribution in [2.45, 2.75) is 43.9 Å². The number of hydrogen-bond donors (Lipinski definition) is 1. The molecule has 36 heavy (non-hydrogen) atoms. The summed E-state index contributed by atoms with van der Waals surface area (Å²) >= 11 is 0. The number of nitrogens with zero attached hydrogens (tertiary/aromatic N) is 2. The number of aldehydes is 1. The van der Waals surface area contributed by atoms with E-state index in [0.29, 0.717) is 23.6 Å². The third-order valence-corrected chi connectivity index (χ3v) is 8.95. The molecule has 2 aliphatic heterocycles. The Morgan fingerprint density at radius 1 is 0.917 bits per heavy atom. The molecule has 0 bridgehead atoms. The third kappa shape index (κ3) is 4.43. The van der Waals surface area contributed by atoms with Crippen LogP contribution in [0.15, 0.2) is 72.8 Å². The first-order valence-electron chi connectivity index (χ1n) is 13.5. The van der Waals surface area contributed by atoms with Gasteiger partial charge in [-0.3, -0.25) is 4.90 Å². The van der Waals surface area contributed by atoms with Gasteiger partial charge in [-0.1, -0.05) is 48.5 Å². The molecule has 1 spiro atoms. The standard InChI is InChI=1S/C32H36N2O2/c35-20-19-33-17-4-15-32(22-33)16-18-34(23-32)27-10-7-25(8-11-27)31-29(24-5-2-1-3-6-24)13-9-26-21-28(36)12-14-30(26)31/h1-3,5-8,10-12,14,20-21,29,31,36H,4,9,13,15-19,22-23H2/t29?,31-,32?/m1/s1. The van der Waals surface area contributed by atoms with E-state index in [0.717, 1.165) is 45.3 Å². The molecule has 3 aliphatic rings. The van der Waals surface area contributed by atoms with Crippen LogP contribution in [0.3, 0.4) is 0 Å². The van der Waals surface area contributed by atoms with E-state index in [4.69, 9.17) is 0 Å². The molecule has 1 aliphatic carbocycles. The summed E-state index contributed by atoms with van der Waals surface area (Å²) in [4.78, 5) is 16.0. The number of carbonyl (C=O) groups excluding carboxylic acids is 1. The zero-order chi connectivity index (χ0) is 24.5. The van der Waals surface area contributed by atoms with Crippen LogP contribution in [0.2, 0.25) is 0 Å². The first-order chi connectivity index (χ1) is 17.6. The molecule has 2 unspecified atom stereocenters. The predicted octanol–water partition coefficient (Wildman–Crippen LogP) is 5.75. The Morgan fingerprint density at radius 3 is 2.56 bits per heavy atom. The molecule has 0 aromatic heterocycles. The second-order valence-corrected chi connectivity index (χ2v) is 11.2. The van der Waals surface area contributed by atoms with Crippen LogP contribution in [0.1, 0.15) is 59.8 Å². The summed E-state index contributed by atoms with van der Waals surface area (Å²) < 4.78 is 0. The minimum absolute atomic E-state index is 0.283. The molecule has 1 N–H and O–H groups in total. The fourth-order valence-corrected chi connectivity index (χ4v) is 7.23. The molecule has 6 rings (SSSR count). The van der Waals surface area contributed by atoms with E-state index < -0.39 is 0 Å². The summed E-state index contributed by atoms with van der Waals surface area (Å²) in [5.41, 5.74) is 6.99. The first-order valence-corrected chi connectivity index (χ1v) is 13.5. The van der Waals surface area contributed by atoms with E-state index in [2.05, 4.69) is 70.5 Å². The average Bonchev–Trinajstić information content (AvgIpc) is 3.31. The number of fused-ring (bicyclic) bond motifs is 1. The highest BCUT2D eigenvalue weighted by Gasteiger charge is 2.41. The van der Waals surface area contributed by atoms with Crippen LogP contribution in [-0.2, 0) is 11.2 Å². The van der Waals surface area contributed by atoms with Crippen LogP contribution in [-0.4, -0.2) is 49.0 Å². The van der Waals surface area contributed by atoms with Gasteiger partial charge in [0.15, 0.2) is 0 Å². The molecule has 3 atom stereocenters. The number of carbonyl (C=O) groups is 1. The number of aromatic hydroxyl groups is 1. The highest BCUT2D eigenvalue weighted by Crippen LogP contribution is 2.47. The maximum atomic E-state index is 11.1. The minimum Gasteiger partial charge on any atom is -0.508 e. The van der Waals surface area contributed by atoms with Crippen molar-refractivity contribution in [2.24, 2.45) is 5.41 Å².